The average molecular weight is 199 g/mol. The Balaban J connectivity index is 2.40. The van der Waals surface area contributed by atoms with Gasteiger partial charge in [-0.1, -0.05) is 18.0 Å². The van der Waals surface area contributed by atoms with E-state index < -0.39 is 0 Å². The molecule has 1 fully saturated rings. The largest absolute Gasteiger partial charge is 0.409 e. The van der Waals surface area contributed by atoms with Crippen molar-refractivity contribution in [2.45, 2.75) is 44.6 Å². The van der Waals surface area contributed by atoms with Crippen LogP contribution < -0.4 is 11.1 Å². The molecule has 0 unspecified atom stereocenters. The molecule has 14 heavy (non-hydrogen) atoms. The summed E-state index contributed by atoms with van der Waals surface area (Å²) in [6.07, 6.45) is 4.29. The molecule has 0 saturated heterocycles. The number of carbonyl (C=O) groups excluding carboxylic acids is 1. The first-order valence-corrected chi connectivity index (χ1v) is 4.83. The Kier molecular flexibility index (Phi) is 3.33. The van der Waals surface area contributed by atoms with Crippen molar-refractivity contribution in [3.8, 4) is 0 Å². The fraction of sp³-hybridized carbons (Fsp3) is 0.778. The van der Waals surface area contributed by atoms with Gasteiger partial charge in [0.2, 0.25) is 5.91 Å². The molecule has 0 aromatic carbocycles. The topological polar surface area (TPSA) is 87.7 Å². The lowest BCUT2D eigenvalue weighted by Crippen LogP contribution is -2.44. The highest BCUT2D eigenvalue weighted by Crippen LogP contribution is 2.28. The van der Waals surface area contributed by atoms with Gasteiger partial charge in [-0.15, -0.1) is 0 Å². The monoisotopic (exact) mass is 199 g/mol. The summed E-state index contributed by atoms with van der Waals surface area (Å²) in [6, 6.07) is 0. The molecule has 80 valence electrons. The SMILES string of the molecule is CC1(NC(=O)CC(N)=NO)CCCC1. The van der Waals surface area contributed by atoms with Gasteiger partial charge in [0.15, 0.2) is 0 Å². The van der Waals surface area contributed by atoms with Gasteiger partial charge in [0.1, 0.15) is 5.84 Å². The number of nitrogens with one attached hydrogen (secondary N) is 1. The average Bonchev–Trinajstić information content (AvgIpc) is 2.51. The molecule has 5 heteroatoms. The van der Waals surface area contributed by atoms with Crippen LogP contribution in [0.2, 0.25) is 0 Å². The summed E-state index contributed by atoms with van der Waals surface area (Å²) < 4.78 is 0. The van der Waals surface area contributed by atoms with Crippen LogP contribution in [-0.2, 0) is 4.79 Å². The molecule has 1 amide bonds. The van der Waals surface area contributed by atoms with Crippen molar-refractivity contribution < 1.29 is 10.0 Å². The van der Waals surface area contributed by atoms with Gasteiger partial charge in [-0.2, -0.15) is 0 Å². The van der Waals surface area contributed by atoms with E-state index in [2.05, 4.69) is 10.5 Å². The number of hydrogen-bond donors (Lipinski definition) is 3. The fourth-order valence-electron chi connectivity index (χ4n) is 1.86. The second kappa shape index (κ2) is 4.30. The normalized spacial score (nSPS) is 20.8. The first-order valence-electron chi connectivity index (χ1n) is 4.83. The summed E-state index contributed by atoms with van der Waals surface area (Å²) in [7, 11) is 0. The van der Waals surface area contributed by atoms with E-state index in [1.165, 1.54) is 0 Å². The summed E-state index contributed by atoms with van der Waals surface area (Å²) in [6.45, 7) is 2.03. The van der Waals surface area contributed by atoms with Crippen molar-refractivity contribution in [2.24, 2.45) is 10.9 Å². The number of hydrogen-bond acceptors (Lipinski definition) is 3. The molecule has 0 bridgehead atoms. The van der Waals surface area contributed by atoms with Gasteiger partial charge in [-0.3, -0.25) is 4.79 Å². The van der Waals surface area contributed by atoms with Gasteiger partial charge in [0.25, 0.3) is 0 Å². The molecule has 1 rings (SSSR count). The highest BCUT2D eigenvalue weighted by molar-refractivity contribution is 5.98. The zero-order valence-corrected chi connectivity index (χ0v) is 8.42. The lowest BCUT2D eigenvalue weighted by molar-refractivity contribution is -0.121. The minimum Gasteiger partial charge on any atom is -0.409 e. The minimum atomic E-state index is -0.176. The van der Waals surface area contributed by atoms with Crippen molar-refractivity contribution >= 4 is 11.7 Å². The van der Waals surface area contributed by atoms with Crippen LogP contribution in [0.5, 0.6) is 0 Å². The summed E-state index contributed by atoms with van der Waals surface area (Å²) in [5.41, 5.74) is 5.14. The van der Waals surface area contributed by atoms with Crippen molar-refractivity contribution in [3.05, 3.63) is 0 Å². The van der Waals surface area contributed by atoms with Crippen LogP contribution in [0.3, 0.4) is 0 Å². The lowest BCUT2D eigenvalue weighted by atomic mass is 10.0. The highest BCUT2D eigenvalue weighted by atomic mass is 16.4. The summed E-state index contributed by atoms with van der Waals surface area (Å²) in [5.74, 6) is -0.228. The smallest absolute Gasteiger partial charge is 0.228 e. The molecule has 0 spiro atoms. The van der Waals surface area contributed by atoms with Gasteiger partial charge in [-0.25, -0.2) is 0 Å². The molecule has 4 N–H and O–H groups in total. The first-order chi connectivity index (χ1) is 6.56. The molecule has 5 nitrogen and oxygen atoms in total. The number of amides is 1. The van der Waals surface area contributed by atoms with Crippen LogP contribution in [0.4, 0.5) is 0 Å². The molecule has 0 atom stereocenters. The van der Waals surface area contributed by atoms with Gasteiger partial charge in [-0.05, 0) is 19.8 Å². The van der Waals surface area contributed by atoms with E-state index in [1.807, 2.05) is 6.92 Å². The lowest BCUT2D eigenvalue weighted by Gasteiger charge is -2.25. The minimum absolute atomic E-state index is 0.0356. The van der Waals surface area contributed by atoms with Gasteiger partial charge >= 0.3 is 0 Å². The third kappa shape index (κ3) is 2.90. The second-order valence-corrected chi connectivity index (χ2v) is 4.08. The van der Waals surface area contributed by atoms with Crippen LogP contribution in [0.15, 0.2) is 5.16 Å². The summed E-state index contributed by atoms with van der Waals surface area (Å²) in [4.78, 5) is 11.4. The van der Waals surface area contributed by atoms with E-state index in [0.29, 0.717) is 0 Å². The van der Waals surface area contributed by atoms with Crippen LogP contribution in [0.25, 0.3) is 0 Å². The van der Waals surface area contributed by atoms with Crippen LogP contribution in [0, 0.1) is 0 Å². The molecule has 0 heterocycles. The van der Waals surface area contributed by atoms with Crippen molar-refractivity contribution in [2.75, 3.05) is 0 Å². The Morgan fingerprint density at radius 2 is 2.14 bits per heavy atom. The number of amidine groups is 1. The van der Waals surface area contributed by atoms with Crippen LogP contribution in [0.1, 0.15) is 39.0 Å². The molecular weight excluding hydrogens is 182 g/mol. The fourth-order valence-corrected chi connectivity index (χ4v) is 1.86. The molecule has 0 aromatic rings. The molecule has 1 aliphatic carbocycles. The molecule has 1 aliphatic rings. The molecule has 0 aliphatic heterocycles. The van der Waals surface area contributed by atoms with E-state index in [4.69, 9.17) is 10.9 Å². The Labute approximate surface area is 83.3 Å². The van der Waals surface area contributed by atoms with E-state index in [-0.39, 0.29) is 23.7 Å². The maximum Gasteiger partial charge on any atom is 0.228 e. The predicted octanol–water partition coefficient (Wildman–Crippen LogP) is 0.572. The summed E-state index contributed by atoms with van der Waals surface area (Å²) in [5, 5.41) is 14.0. The molecule has 1 saturated carbocycles. The third-order valence-electron chi connectivity index (χ3n) is 2.62. The van der Waals surface area contributed by atoms with E-state index in [1.54, 1.807) is 0 Å². The number of nitrogens with zero attached hydrogens (tertiary/aromatic N) is 1. The van der Waals surface area contributed by atoms with Gasteiger partial charge in [0.05, 0.1) is 6.42 Å². The maximum absolute atomic E-state index is 11.4. The van der Waals surface area contributed by atoms with Crippen molar-refractivity contribution in [3.63, 3.8) is 0 Å². The quantitative estimate of drug-likeness (QED) is 0.269. The van der Waals surface area contributed by atoms with Crippen molar-refractivity contribution in [1.82, 2.24) is 5.32 Å². The Hall–Kier alpha value is -1.26. The molecule has 0 aromatic heterocycles. The first kappa shape index (κ1) is 10.8. The maximum atomic E-state index is 11.4. The highest BCUT2D eigenvalue weighted by Gasteiger charge is 2.29. The molecular formula is C9H17N3O2. The zero-order valence-electron chi connectivity index (χ0n) is 8.42. The number of rotatable bonds is 3. The third-order valence-corrected chi connectivity index (χ3v) is 2.62. The Morgan fingerprint density at radius 1 is 1.57 bits per heavy atom. The van der Waals surface area contributed by atoms with Crippen molar-refractivity contribution in [1.29, 1.82) is 0 Å². The van der Waals surface area contributed by atoms with E-state index in [0.717, 1.165) is 25.7 Å². The molecule has 0 radical (unpaired) electrons. The number of oxime groups is 1. The summed E-state index contributed by atoms with van der Waals surface area (Å²) >= 11 is 0. The number of carbonyl (C=O) groups is 1. The van der Waals surface area contributed by atoms with Crippen LogP contribution in [-0.4, -0.2) is 22.5 Å². The Morgan fingerprint density at radius 3 is 2.64 bits per heavy atom. The second-order valence-electron chi connectivity index (χ2n) is 4.08. The van der Waals surface area contributed by atoms with Gasteiger partial charge < -0.3 is 16.3 Å². The zero-order chi connectivity index (χ0) is 10.6. The van der Waals surface area contributed by atoms with Crippen LogP contribution >= 0.6 is 0 Å². The van der Waals surface area contributed by atoms with E-state index in [9.17, 15) is 4.79 Å². The standard InChI is InChI=1S/C9H17N3O2/c1-9(4-2-3-5-9)11-8(13)6-7(10)12-14/h14H,2-6H2,1H3,(H2,10,12)(H,11,13). The Bertz CT molecular complexity index is 244. The number of nitrogens with two attached hydrogens (primary N) is 1. The van der Waals surface area contributed by atoms with E-state index >= 15 is 0 Å². The van der Waals surface area contributed by atoms with Gasteiger partial charge in [0, 0.05) is 5.54 Å². The predicted molar refractivity (Wildman–Crippen MR) is 53.0 cm³/mol.